The van der Waals surface area contributed by atoms with E-state index in [9.17, 15) is 14.4 Å². The topological polar surface area (TPSA) is 83.5 Å². The first kappa shape index (κ1) is 13.5. The van der Waals surface area contributed by atoms with Gasteiger partial charge >= 0.3 is 5.97 Å². The molecule has 0 rings (SSSR count). The second-order valence-corrected chi connectivity index (χ2v) is 2.31. The van der Waals surface area contributed by atoms with Gasteiger partial charge in [0.2, 0.25) is 11.1 Å². The summed E-state index contributed by atoms with van der Waals surface area (Å²) in [6, 6.07) is 0. The van der Waals surface area contributed by atoms with Crippen molar-refractivity contribution in [3.8, 4) is 0 Å². The van der Waals surface area contributed by atoms with E-state index in [2.05, 4.69) is 16.9 Å². The van der Waals surface area contributed by atoms with Crippen molar-refractivity contribution < 1.29 is 19.5 Å². The van der Waals surface area contributed by atoms with Gasteiger partial charge in [-0.05, 0) is 11.6 Å². The number of carbonyl (C=O) groups excluding carboxylic acids is 2. The molecule has 0 bridgehead atoms. The molecule has 2 N–H and O–H groups in total. The number of carbonyl (C=O) groups is 3. The highest BCUT2D eigenvalue weighted by molar-refractivity contribution is 6.62. The van der Waals surface area contributed by atoms with E-state index in [1.807, 2.05) is 0 Å². The highest BCUT2D eigenvalue weighted by atomic mass is 35.5. The van der Waals surface area contributed by atoms with E-state index >= 15 is 0 Å². The number of nitrogens with one attached hydrogen (secondary N) is 1. The maximum Gasteiger partial charge on any atom is 0.322 e. The molecule has 70 valence electrons. The van der Waals surface area contributed by atoms with Crippen molar-refractivity contribution in [1.82, 2.24) is 5.32 Å². The average Bonchev–Trinajstić information content (AvgIpc) is 1.82. The molecule has 0 aliphatic carbocycles. The summed E-state index contributed by atoms with van der Waals surface area (Å²) < 4.78 is 0. The zero-order chi connectivity index (χ0) is 10.1. The third kappa shape index (κ3) is 36.5. The molecule has 0 spiro atoms. The fourth-order valence-electron chi connectivity index (χ4n) is 0.200. The lowest BCUT2D eigenvalue weighted by Gasteiger charge is -1.92. The normalized spacial score (nSPS) is 7.58. The van der Waals surface area contributed by atoms with Crippen molar-refractivity contribution in [3.05, 3.63) is 0 Å². The first-order valence-electron chi connectivity index (χ1n) is 2.98. The highest BCUT2D eigenvalue weighted by Gasteiger charge is 1.94. The van der Waals surface area contributed by atoms with Crippen molar-refractivity contribution >= 4 is 28.7 Å². The van der Waals surface area contributed by atoms with Gasteiger partial charge in [-0.1, -0.05) is 0 Å². The summed E-state index contributed by atoms with van der Waals surface area (Å²) in [4.78, 5) is 28.9. The molecule has 0 aliphatic heterocycles. The first-order chi connectivity index (χ1) is 5.36. The van der Waals surface area contributed by atoms with Gasteiger partial charge in [-0.2, -0.15) is 0 Å². The summed E-state index contributed by atoms with van der Waals surface area (Å²) in [5.41, 5.74) is 0. The van der Waals surface area contributed by atoms with E-state index in [0.29, 0.717) is 0 Å². The van der Waals surface area contributed by atoms with Gasteiger partial charge in [0.15, 0.2) is 0 Å². The second kappa shape index (κ2) is 8.00. The van der Waals surface area contributed by atoms with E-state index in [0.717, 1.165) is 0 Å². The Hall–Kier alpha value is -1.10. The van der Waals surface area contributed by atoms with Crippen LogP contribution in [0.4, 0.5) is 0 Å². The van der Waals surface area contributed by atoms with Crippen molar-refractivity contribution in [2.45, 2.75) is 13.8 Å². The maximum absolute atomic E-state index is 9.97. The maximum atomic E-state index is 9.97. The monoisotopic (exact) mass is 195 g/mol. The Morgan fingerprint density at radius 2 is 1.67 bits per heavy atom. The molecule has 0 aromatic heterocycles. The van der Waals surface area contributed by atoms with Crippen LogP contribution in [0.1, 0.15) is 13.8 Å². The van der Waals surface area contributed by atoms with Crippen molar-refractivity contribution in [1.29, 1.82) is 0 Å². The molecule has 5 nitrogen and oxygen atoms in total. The van der Waals surface area contributed by atoms with Crippen LogP contribution in [0.25, 0.3) is 0 Å². The van der Waals surface area contributed by atoms with Crippen LogP contribution in [0.5, 0.6) is 0 Å². The second-order valence-electron chi connectivity index (χ2n) is 1.77. The smallest absolute Gasteiger partial charge is 0.322 e. The van der Waals surface area contributed by atoms with E-state index in [4.69, 9.17) is 5.11 Å². The molecule has 6 heteroatoms. The third-order valence-electron chi connectivity index (χ3n) is 0.489. The summed E-state index contributed by atoms with van der Waals surface area (Å²) in [6.45, 7) is 2.26. The molecule has 12 heavy (non-hydrogen) atoms. The molecule has 0 aromatic carbocycles. The van der Waals surface area contributed by atoms with Gasteiger partial charge in [-0.25, -0.2) is 0 Å². The number of halogens is 1. The number of hydrogen-bond acceptors (Lipinski definition) is 3. The summed E-state index contributed by atoms with van der Waals surface area (Å²) in [5.74, 6) is -1.35. The van der Waals surface area contributed by atoms with E-state index in [1.165, 1.54) is 13.8 Å². The Morgan fingerprint density at radius 1 is 1.33 bits per heavy atom. The highest BCUT2D eigenvalue weighted by Crippen LogP contribution is 1.67. The standard InChI is InChI=1S/C4H7NO3.C2H3ClO/c1-3(6)5-2-4(7)8;1-2(3)4/h2H2,1H3,(H,5,6)(H,7,8);1H3. The van der Waals surface area contributed by atoms with Gasteiger partial charge in [0.25, 0.3) is 0 Å². The minimum absolute atomic E-state index is 0.296. The van der Waals surface area contributed by atoms with Crippen LogP contribution < -0.4 is 5.32 Å². The number of carboxylic acids is 1. The summed E-state index contributed by atoms with van der Waals surface area (Å²) in [7, 11) is 0. The van der Waals surface area contributed by atoms with Gasteiger partial charge in [0.1, 0.15) is 6.54 Å². The van der Waals surface area contributed by atoms with E-state index in [-0.39, 0.29) is 17.7 Å². The average molecular weight is 196 g/mol. The number of amides is 1. The van der Waals surface area contributed by atoms with Crippen LogP contribution in [0.3, 0.4) is 0 Å². The molecule has 0 heterocycles. The molecule has 0 saturated carbocycles. The van der Waals surface area contributed by atoms with Gasteiger partial charge < -0.3 is 10.4 Å². The number of aliphatic carboxylic acids is 1. The van der Waals surface area contributed by atoms with Crippen LogP contribution in [0, 0.1) is 0 Å². The molecule has 1 amide bonds. The predicted octanol–water partition coefficient (Wildman–Crippen LogP) is -0.0212. The van der Waals surface area contributed by atoms with E-state index < -0.39 is 5.97 Å². The minimum atomic E-state index is -1.03. The van der Waals surface area contributed by atoms with Crippen LogP contribution in [0.15, 0.2) is 0 Å². The van der Waals surface area contributed by atoms with Crippen LogP contribution in [-0.2, 0) is 14.4 Å². The summed E-state index contributed by atoms with van der Waals surface area (Å²) in [5, 5.41) is 9.69. The van der Waals surface area contributed by atoms with Gasteiger partial charge in [0, 0.05) is 13.8 Å². The van der Waals surface area contributed by atoms with Crippen molar-refractivity contribution in [3.63, 3.8) is 0 Å². The molecule has 0 unspecified atom stereocenters. The Balaban J connectivity index is 0. The Morgan fingerprint density at radius 3 is 1.75 bits per heavy atom. The predicted molar refractivity (Wildman–Crippen MR) is 42.9 cm³/mol. The lowest BCUT2D eigenvalue weighted by atomic mass is 10.6. The van der Waals surface area contributed by atoms with Crippen molar-refractivity contribution in [2.24, 2.45) is 0 Å². The van der Waals surface area contributed by atoms with Crippen LogP contribution in [0.2, 0.25) is 0 Å². The Bertz CT molecular complexity index is 162. The SMILES string of the molecule is CC(=O)Cl.CC(=O)NCC(=O)O. The number of carboxylic acid groups (broad SMARTS) is 1. The largest absolute Gasteiger partial charge is 0.480 e. The van der Waals surface area contributed by atoms with Crippen LogP contribution >= 0.6 is 11.6 Å². The number of rotatable bonds is 2. The zero-order valence-corrected chi connectivity index (χ0v) is 7.51. The van der Waals surface area contributed by atoms with Gasteiger partial charge in [-0.15, -0.1) is 0 Å². The summed E-state index contributed by atoms with van der Waals surface area (Å²) >= 11 is 4.64. The Kier molecular flexibility index (Phi) is 8.99. The molecule has 0 saturated heterocycles. The lowest BCUT2D eigenvalue weighted by molar-refractivity contribution is -0.137. The molecule has 0 aromatic rings. The number of hydrogen-bond donors (Lipinski definition) is 2. The molecule has 0 fully saturated rings. The van der Waals surface area contributed by atoms with Crippen molar-refractivity contribution in [2.75, 3.05) is 6.54 Å². The molecule has 0 radical (unpaired) electrons. The molecular weight excluding hydrogens is 186 g/mol. The lowest BCUT2D eigenvalue weighted by Crippen LogP contribution is -2.26. The van der Waals surface area contributed by atoms with Gasteiger partial charge in [0.05, 0.1) is 0 Å². The summed E-state index contributed by atoms with van der Waals surface area (Å²) in [6.07, 6.45) is 0. The fourth-order valence-corrected chi connectivity index (χ4v) is 0.200. The third-order valence-corrected chi connectivity index (χ3v) is 0.489. The first-order valence-corrected chi connectivity index (χ1v) is 3.36. The van der Waals surface area contributed by atoms with Crippen LogP contribution in [-0.4, -0.2) is 28.8 Å². The quantitative estimate of drug-likeness (QED) is 0.607. The molecule has 0 aliphatic rings. The zero-order valence-electron chi connectivity index (χ0n) is 6.76. The minimum Gasteiger partial charge on any atom is -0.480 e. The molecule has 0 atom stereocenters. The van der Waals surface area contributed by atoms with E-state index in [1.54, 1.807) is 0 Å². The Labute approximate surface area is 74.7 Å². The molecular formula is C6H10ClNO4. The van der Waals surface area contributed by atoms with Gasteiger partial charge in [-0.3, -0.25) is 14.4 Å². The fraction of sp³-hybridized carbons (Fsp3) is 0.500.